The summed E-state index contributed by atoms with van der Waals surface area (Å²) in [5.74, 6) is -0.350. The number of ether oxygens (including phenoxy) is 1. The molecule has 1 aliphatic heterocycles. The highest BCUT2D eigenvalue weighted by Crippen LogP contribution is 2.22. The zero-order chi connectivity index (χ0) is 16.1. The fourth-order valence-corrected chi connectivity index (χ4v) is 2.78. The maximum absolute atomic E-state index is 13.6. The smallest absolute Gasteiger partial charge is 0.226 e. The first kappa shape index (κ1) is 16.3. The summed E-state index contributed by atoms with van der Waals surface area (Å²) in [6.07, 6.45) is 2.12. The SMILES string of the molecule is COc1ccc(CC(=O)N2CCC(CC(N)=O)CC2)cc1F. The van der Waals surface area contributed by atoms with Gasteiger partial charge in [-0.1, -0.05) is 6.07 Å². The molecule has 2 N–H and O–H groups in total. The van der Waals surface area contributed by atoms with Crippen molar-refractivity contribution in [2.45, 2.75) is 25.7 Å². The number of carbonyl (C=O) groups is 2. The largest absolute Gasteiger partial charge is 0.494 e. The van der Waals surface area contributed by atoms with Crippen LogP contribution in [-0.2, 0) is 16.0 Å². The molecule has 0 spiro atoms. The van der Waals surface area contributed by atoms with Crippen LogP contribution < -0.4 is 10.5 Å². The maximum Gasteiger partial charge on any atom is 0.226 e. The monoisotopic (exact) mass is 308 g/mol. The van der Waals surface area contributed by atoms with Gasteiger partial charge in [-0.2, -0.15) is 0 Å². The van der Waals surface area contributed by atoms with Crippen molar-refractivity contribution in [3.05, 3.63) is 29.6 Å². The molecule has 1 saturated heterocycles. The van der Waals surface area contributed by atoms with Gasteiger partial charge in [-0.15, -0.1) is 0 Å². The van der Waals surface area contributed by atoms with E-state index in [2.05, 4.69) is 0 Å². The van der Waals surface area contributed by atoms with Crippen molar-refractivity contribution in [2.24, 2.45) is 11.7 Å². The van der Waals surface area contributed by atoms with Crippen LogP contribution >= 0.6 is 0 Å². The third-order valence-corrected chi connectivity index (χ3v) is 4.03. The number of nitrogens with two attached hydrogens (primary N) is 1. The lowest BCUT2D eigenvalue weighted by molar-refractivity contribution is -0.131. The summed E-state index contributed by atoms with van der Waals surface area (Å²) in [4.78, 5) is 24.9. The van der Waals surface area contributed by atoms with Crippen LogP contribution in [0.1, 0.15) is 24.8 Å². The minimum atomic E-state index is -0.465. The van der Waals surface area contributed by atoms with Crippen molar-refractivity contribution in [3.8, 4) is 5.75 Å². The summed E-state index contributed by atoms with van der Waals surface area (Å²) in [6, 6.07) is 4.55. The van der Waals surface area contributed by atoms with E-state index in [9.17, 15) is 14.0 Å². The van der Waals surface area contributed by atoms with Crippen LogP contribution in [0.2, 0.25) is 0 Å². The Labute approximate surface area is 129 Å². The summed E-state index contributed by atoms with van der Waals surface area (Å²) in [6.45, 7) is 1.24. The van der Waals surface area contributed by atoms with Crippen LogP contribution in [0.4, 0.5) is 4.39 Å². The van der Waals surface area contributed by atoms with Crippen molar-refractivity contribution >= 4 is 11.8 Å². The molecule has 0 aromatic heterocycles. The third-order valence-electron chi connectivity index (χ3n) is 4.03. The number of carbonyl (C=O) groups excluding carboxylic acids is 2. The fraction of sp³-hybridized carbons (Fsp3) is 0.500. The van der Waals surface area contributed by atoms with Crippen molar-refractivity contribution in [1.82, 2.24) is 4.90 Å². The van der Waals surface area contributed by atoms with E-state index in [-0.39, 0.29) is 29.9 Å². The topological polar surface area (TPSA) is 72.6 Å². The quantitative estimate of drug-likeness (QED) is 0.895. The van der Waals surface area contributed by atoms with Crippen molar-refractivity contribution < 1.29 is 18.7 Å². The van der Waals surface area contributed by atoms with Crippen LogP contribution in [-0.4, -0.2) is 36.9 Å². The van der Waals surface area contributed by atoms with E-state index in [1.807, 2.05) is 0 Å². The lowest BCUT2D eigenvalue weighted by atomic mass is 9.93. The number of rotatable bonds is 5. The average molecular weight is 308 g/mol. The molecule has 5 nitrogen and oxygen atoms in total. The van der Waals surface area contributed by atoms with E-state index in [0.29, 0.717) is 25.1 Å². The van der Waals surface area contributed by atoms with Crippen molar-refractivity contribution in [1.29, 1.82) is 0 Å². The number of methoxy groups -OCH3 is 1. The van der Waals surface area contributed by atoms with E-state index >= 15 is 0 Å². The number of primary amides is 1. The Morgan fingerprint density at radius 2 is 2.05 bits per heavy atom. The van der Waals surface area contributed by atoms with Crippen LogP contribution in [0.5, 0.6) is 5.75 Å². The minimum Gasteiger partial charge on any atom is -0.494 e. The molecule has 0 bridgehead atoms. The van der Waals surface area contributed by atoms with E-state index in [1.165, 1.54) is 19.2 Å². The molecule has 1 heterocycles. The second-order valence-corrected chi connectivity index (χ2v) is 5.64. The second-order valence-electron chi connectivity index (χ2n) is 5.64. The Balaban J connectivity index is 1.88. The molecule has 1 aromatic carbocycles. The molecule has 2 amide bonds. The average Bonchev–Trinajstić information content (AvgIpc) is 2.47. The number of piperidine rings is 1. The predicted molar refractivity (Wildman–Crippen MR) is 79.8 cm³/mol. The summed E-state index contributed by atoms with van der Waals surface area (Å²) in [5, 5.41) is 0. The molecule has 0 atom stereocenters. The molecule has 120 valence electrons. The second kappa shape index (κ2) is 7.24. The Bertz CT molecular complexity index is 554. The van der Waals surface area contributed by atoms with Gasteiger partial charge in [0, 0.05) is 19.5 Å². The molecule has 22 heavy (non-hydrogen) atoms. The first-order chi connectivity index (χ1) is 10.5. The maximum atomic E-state index is 13.6. The van der Waals surface area contributed by atoms with E-state index < -0.39 is 5.82 Å². The van der Waals surface area contributed by atoms with E-state index in [0.717, 1.165) is 12.8 Å². The molecule has 0 saturated carbocycles. The summed E-state index contributed by atoms with van der Waals surface area (Å²) >= 11 is 0. The van der Waals surface area contributed by atoms with Gasteiger partial charge in [0.2, 0.25) is 11.8 Å². The molecule has 0 aliphatic carbocycles. The minimum absolute atomic E-state index is 0.0258. The van der Waals surface area contributed by atoms with Crippen molar-refractivity contribution in [3.63, 3.8) is 0 Å². The van der Waals surface area contributed by atoms with Gasteiger partial charge in [-0.05, 0) is 36.5 Å². The van der Waals surface area contributed by atoms with Gasteiger partial charge < -0.3 is 15.4 Å². The Morgan fingerprint density at radius 3 is 2.59 bits per heavy atom. The number of hydrogen-bond acceptors (Lipinski definition) is 3. The molecule has 1 aliphatic rings. The molecule has 0 radical (unpaired) electrons. The molecule has 1 aromatic rings. The highest BCUT2D eigenvalue weighted by atomic mass is 19.1. The number of hydrogen-bond donors (Lipinski definition) is 1. The van der Waals surface area contributed by atoms with Crippen molar-refractivity contribution in [2.75, 3.05) is 20.2 Å². The van der Waals surface area contributed by atoms with Crippen LogP contribution in [0.3, 0.4) is 0 Å². The van der Waals surface area contributed by atoms with Crippen LogP contribution in [0.25, 0.3) is 0 Å². The molecule has 0 unspecified atom stereocenters. The number of amides is 2. The Kier molecular flexibility index (Phi) is 5.35. The first-order valence-electron chi connectivity index (χ1n) is 7.38. The summed E-state index contributed by atoms with van der Waals surface area (Å²) < 4.78 is 18.5. The first-order valence-corrected chi connectivity index (χ1v) is 7.38. The lowest BCUT2D eigenvalue weighted by Crippen LogP contribution is -2.40. The van der Waals surface area contributed by atoms with Crippen LogP contribution in [0.15, 0.2) is 18.2 Å². The Morgan fingerprint density at radius 1 is 1.36 bits per heavy atom. The van der Waals surface area contributed by atoms with Crippen LogP contribution in [0, 0.1) is 11.7 Å². The summed E-state index contributed by atoms with van der Waals surface area (Å²) in [5.41, 5.74) is 5.82. The Hall–Kier alpha value is -2.11. The van der Waals surface area contributed by atoms with Gasteiger partial charge in [-0.3, -0.25) is 9.59 Å². The summed E-state index contributed by atoms with van der Waals surface area (Å²) in [7, 11) is 1.40. The zero-order valence-electron chi connectivity index (χ0n) is 12.7. The number of benzene rings is 1. The van der Waals surface area contributed by atoms with Gasteiger partial charge >= 0.3 is 0 Å². The number of halogens is 1. The highest BCUT2D eigenvalue weighted by Gasteiger charge is 2.23. The van der Waals surface area contributed by atoms with Gasteiger partial charge in [0.25, 0.3) is 0 Å². The standard InChI is InChI=1S/C16H21FN2O3/c1-22-14-3-2-12(8-13(14)17)10-16(21)19-6-4-11(5-7-19)9-15(18)20/h2-3,8,11H,4-7,9-10H2,1H3,(H2,18,20). The molecule has 6 heteroatoms. The molecule has 1 fully saturated rings. The number of nitrogens with zero attached hydrogens (tertiary/aromatic N) is 1. The number of likely N-dealkylation sites (tertiary alicyclic amines) is 1. The lowest BCUT2D eigenvalue weighted by Gasteiger charge is -2.31. The fourth-order valence-electron chi connectivity index (χ4n) is 2.78. The molecular formula is C16H21FN2O3. The predicted octanol–water partition coefficient (Wildman–Crippen LogP) is 1.49. The zero-order valence-corrected chi connectivity index (χ0v) is 12.7. The molecule has 2 rings (SSSR count). The van der Waals surface area contributed by atoms with Gasteiger partial charge in [0.1, 0.15) is 0 Å². The van der Waals surface area contributed by atoms with Gasteiger partial charge in [-0.25, -0.2) is 4.39 Å². The molecular weight excluding hydrogens is 287 g/mol. The van der Waals surface area contributed by atoms with Gasteiger partial charge in [0.15, 0.2) is 11.6 Å². The van der Waals surface area contributed by atoms with E-state index in [1.54, 1.807) is 11.0 Å². The normalized spacial score (nSPS) is 15.6. The highest BCUT2D eigenvalue weighted by molar-refractivity contribution is 5.79. The van der Waals surface area contributed by atoms with Gasteiger partial charge in [0.05, 0.1) is 13.5 Å². The third kappa shape index (κ3) is 4.19. The van der Waals surface area contributed by atoms with E-state index in [4.69, 9.17) is 10.5 Å².